The maximum absolute atomic E-state index is 12.2. The number of benzene rings is 1. The summed E-state index contributed by atoms with van der Waals surface area (Å²) in [5, 5.41) is 12.2. The van der Waals surface area contributed by atoms with Crippen LogP contribution in [0, 0.1) is 5.92 Å². The molecule has 1 heterocycles. The number of rotatable bonds is 5. The second kappa shape index (κ2) is 7.43. The van der Waals surface area contributed by atoms with Crippen LogP contribution in [0.4, 0.5) is 4.79 Å². The van der Waals surface area contributed by atoms with Crippen molar-refractivity contribution in [1.29, 1.82) is 0 Å². The first-order valence-electron chi connectivity index (χ1n) is 7.46. The predicted molar refractivity (Wildman–Crippen MR) is 83.0 cm³/mol. The van der Waals surface area contributed by atoms with Crippen molar-refractivity contribution in [2.45, 2.75) is 12.5 Å². The molecule has 2 unspecified atom stereocenters. The Morgan fingerprint density at radius 3 is 2.71 bits per heavy atom. The molecule has 5 nitrogen and oxygen atoms in total. The second-order valence-corrected chi connectivity index (χ2v) is 5.86. The number of urea groups is 1. The molecule has 2 amide bonds. The zero-order chi connectivity index (χ0) is 15.2. The largest absolute Gasteiger partial charge is 0.396 e. The van der Waals surface area contributed by atoms with Gasteiger partial charge in [0.25, 0.3) is 0 Å². The topological polar surface area (TPSA) is 55.8 Å². The fourth-order valence-corrected chi connectivity index (χ4v) is 2.74. The third-order valence-corrected chi connectivity index (χ3v) is 4.09. The maximum atomic E-state index is 12.2. The highest BCUT2D eigenvalue weighted by Crippen LogP contribution is 2.18. The van der Waals surface area contributed by atoms with Gasteiger partial charge in [-0.15, -0.1) is 0 Å². The van der Waals surface area contributed by atoms with E-state index in [0.29, 0.717) is 13.1 Å². The summed E-state index contributed by atoms with van der Waals surface area (Å²) < 4.78 is 0. The van der Waals surface area contributed by atoms with Gasteiger partial charge in [0.05, 0.1) is 6.04 Å². The summed E-state index contributed by atoms with van der Waals surface area (Å²) in [5.41, 5.74) is 1.19. The Hall–Kier alpha value is -1.59. The summed E-state index contributed by atoms with van der Waals surface area (Å²) in [6.45, 7) is 2.12. The minimum Gasteiger partial charge on any atom is -0.396 e. The first kappa shape index (κ1) is 15.8. The number of aliphatic hydroxyl groups excluding tert-OH is 1. The fourth-order valence-electron chi connectivity index (χ4n) is 2.74. The lowest BCUT2D eigenvalue weighted by Crippen LogP contribution is -2.42. The standard InChI is InChI=1S/C16H25N3O2/c1-18(2)15(14-6-4-3-5-7-14)10-17-16(21)19-9-8-13(11-19)12-20/h3-7,13,15,20H,8-12H2,1-2H3,(H,17,21). The van der Waals surface area contributed by atoms with Crippen LogP contribution >= 0.6 is 0 Å². The fraction of sp³-hybridized carbons (Fsp3) is 0.562. The maximum Gasteiger partial charge on any atom is 0.317 e. The summed E-state index contributed by atoms with van der Waals surface area (Å²) in [6, 6.07) is 10.3. The van der Waals surface area contributed by atoms with Gasteiger partial charge in [-0.05, 0) is 26.1 Å². The number of aliphatic hydroxyl groups is 1. The number of nitrogens with zero attached hydrogens (tertiary/aromatic N) is 2. The lowest BCUT2D eigenvalue weighted by Gasteiger charge is -2.26. The van der Waals surface area contributed by atoms with Crippen LogP contribution in [0.3, 0.4) is 0 Å². The predicted octanol–water partition coefficient (Wildman–Crippen LogP) is 1.31. The average molecular weight is 291 g/mol. The Kier molecular flexibility index (Phi) is 5.59. The molecule has 1 aromatic carbocycles. The van der Waals surface area contributed by atoms with Gasteiger partial charge in [-0.1, -0.05) is 30.3 Å². The van der Waals surface area contributed by atoms with Gasteiger partial charge < -0.3 is 20.2 Å². The highest BCUT2D eigenvalue weighted by molar-refractivity contribution is 5.74. The first-order valence-corrected chi connectivity index (χ1v) is 7.46. The summed E-state index contributed by atoms with van der Waals surface area (Å²) in [7, 11) is 4.03. The highest BCUT2D eigenvalue weighted by atomic mass is 16.3. The van der Waals surface area contributed by atoms with Crippen molar-refractivity contribution in [1.82, 2.24) is 15.1 Å². The lowest BCUT2D eigenvalue weighted by atomic mass is 10.1. The third-order valence-electron chi connectivity index (χ3n) is 4.09. The summed E-state index contributed by atoms with van der Waals surface area (Å²) in [6.07, 6.45) is 0.889. The lowest BCUT2D eigenvalue weighted by molar-refractivity contribution is 0.193. The van der Waals surface area contributed by atoms with Crippen molar-refractivity contribution in [3.05, 3.63) is 35.9 Å². The highest BCUT2D eigenvalue weighted by Gasteiger charge is 2.26. The van der Waals surface area contributed by atoms with Gasteiger partial charge in [0.1, 0.15) is 0 Å². The molecule has 0 bridgehead atoms. The Morgan fingerprint density at radius 2 is 2.14 bits per heavy atom. The van der Waals surface area contributed by atoms with E-state index in [9.17, 15) is 4.79 Å². The van der Waals surface area contributed by atoms with E-state index >= 15 is 0 Å². The number of nitrogens with one attached hydrogen (secondary N) is 1. The molecule has 0 radical (unpaired) electrons. The molecule has 1 aliphatic rings. The Bertz CT molecular complexity index is 450. The van der Waals surface area contributed by atoms with Crippen molar-refractivity contribution in [3.63, 3.8) is 0 Å². The van der Waals surface area contributed by atoms with E-state index < -0.39 is 0 Å². The van der Waals surface area contributed by atoms with Crippen LogP contribution in [0.1, 0.15) is 18.0 Å². The molecular formula is C16H25N3O2. The smallest absolute Gasteiger partial charge is 0.317 e. The normalized spacial score (nSPS) is 19.8. The average Bonchev–Trinajstić information content (AvgIpc) is 2.97. The van der Waals surface area contributed by atoms with Gasteiger partial charge in [-0.25, -0.2) is 4.79 Å². The summed E-state index contributed by atoms with van der Waals surface area (Å²) >= 11 is 0. The number of likely N-dealkylation sites (tertiary alicyclic amines) is 1. The molecule has 0 aromatic heterocycles. The van der Waals surface area contributed by atoms with Crippen LogP contribution in [0.15, 0.2) is 30.3 Å². The number of hydrogen-bond donors (Lipinski definition) is 2. The first-order chi connectivity index (χ1) is 10.1. The zero-order valence-electron chi connectivity index (χ0n) is 12.8. The Labute approximate surface area is 126 Å². The van der Waals surface area contributed by atoms with E-state index in [-0.39, 0.29) is 24.6 Å². The molecule has 2 atom stereocenters. The van der Waals surface area contributed by atoms with Gasteiger partial charge in [0.2, 0.25) is 0 Å². The number of likely N-dealkylation sites (N-methyl/N-ethyl adjacent to an activating group) is 1. The summed E-state index contributed by atoms with van der Waals surface area (Å²) in [4.78, 5) is 16.1. The Balaban J connectivity index is 1.89. The molecule has 1 fully saturated rings. The van der Waals surface area contributed by atoms with Crippen LogP contribution in [0.5, 0.6) is 0 Å². The molecule has 0 spiro atoms. The van der Waals surface area contributed by atoms with E-state index in [1.165, 1.54) is 5.56 Å². The van der Waals surface area contributed by atoms with E-state index in [2.05, 4.69) is 22.3 Å². The van der Waals surface area contributed by atoms with E-state index in [4.69, 9.17) is 5.11 Å². The SMILES string of the molecule is CN(C)C(CNC(=O)N1CCC(CO)C1)c1ccccc1. The molecular weight excluding hydrogens is 266 g/mol. The molecule has 5 heteroatoms. The van der Waals surface area contributed by atoms with Crippen molar-refractivity contribution in [2.75, 3.05) is 40.3 Å². The van der Waals surface area contributed by atoms with Crippen LogP contribution in [-0.2, 0) is 0 Å². The van der Waals surface area contributed by atoms with Gasteiger partial charge >= 0.3 is 6.03 Å². The van der Waals surface area contributed by atoms with Crippen LogP contribution in [-0.4, -0.2) is 61.3 Å². The zero-order valence-corrected chi connectivity index (χ0v) is 12.8. The number of amides is 2. The molecule has 21 heavy (non-hydrogen) atoms. The monoisotopic (exact) mass is 291 g/mol. The van der Waals surface area contributed by atoms with E-state index in [1.54, 1.807) is 4.90 Å². The van der Waals surface area contributed by atoms with Crippen LogP contribution < -0.4 is 5.32 Å². The second-order valence-electron chi connectivity index (χ2n) is 5.86. The number of carbonyl (C=O) groups is 1. The minimum atomic E-state index is -0.0336. The third kappa shape index (κ3) is 4.19. The molecule has 0 saturated carbocycles. The van der Waals surface area contributed by atoms with E-state index in [0.717, 1.165) is 13.0 Å². The van der Waals surface area contributed by atoms with Gasteiger partial charge in [-0.2, -0.15) is 0 Å². The molecule has 0 aliphatic carbocycles. The molecule has 2 rings (SSSR count). The molecule has 116 valence electrons. The number of carbonyl (C=O) groups excluding carboxylic acids is 1. The van der Waals surface area contributed by atoms with Crippen molar-refractivity contribution < 1.29 is 9.90 Å². The molecule has 1 saturated heterocycles. The van der Waals surface area contributed by atoms with Crippen LogP contribution in [0.25, 0.3) is 0 Å². The number of hydrogen-bond acceptors (Lipinski definition) is 3. The minimum absolute atomic E-state index is 0.0336. The quantitative estimate of drug-likeness (QED) is 0.860. The summed E-state index contributed by atoms with van der Waals surface area (Å²) in [5.74, 6) is 0.231. The van der Waals surface area contributed by atoms with Crippen molar-refractivity contribution in [2.24, 2.45) is 5.92 Å². The Morgan fingerprint density at radius 1 is 1.43 bits per heavy atom. The molecule has 1 aliphatic heterocycles. The molecule has 1 aromatic rings. The molecule has 2 N–H and O–H groups in total. The van der Waals surface area contributed by atoms with Crippen LogP contribution in [0.2, 0.25) is 0 Å². The van der Waals surface area contributed by atoms with Gasteiger partial charge in [0.15, 0.2) is 0 Å². The van der Waals surface area contributed by atoms with Crippen molar-refractivity contribution in [3.8, 4) is 0 Å². The van der Waals surface area contributed by atoms with Gasteiger partial charge in [0, 0.05) is 32.2 Å². The van der Waals surface area contributed by atoms with Crippen molar-refractivity contribution >= 4 is 6.03 Å². The van der Waals surface area contributed by atoms with Gasteiger partial charge in [-0.3, -0.25) is 0 Å². The van der Waals surface area contributed by atoms with E-state index in [1.807, 2.05) is 32.3 Å².